The third-order valence-corrected chi connectivity index (χ3v) is 0.809. The maximum Gasteiger partial charge on any atom is 0.0297 e. The van der Waals surface area contributed by atoms with Crippen LogP contribution in [0.4, 0.5) is 0 Å². The largest absolute Gasteiger partial charge is 0.264 e. The molecule has 59 valence electrons. The minimum absolute atomic E-state index is 0. The van der Waals surface area contributed by atoms with Crippen LogP contribution in [0.15, 0.2) is 37.2 Å². The first-order chi connectivity index (χ1) is 4.81. The van der Waals surface area contributed by atoms with E-state index in [0.29, 0.717) is 0 Å². The number of pyridine rings is 1. The molecule has 1 aromatic rings. The van der Waals surface area contributed by atoms with Crippen molar-refractivity contribution < 1.29 is 18.6 Å². The van der Waals surface area contributed by atoms with Crippen LogP contribution < -0.4 is 0 Å². The molecule has 1 rings (SSSR count). The van der Waals surface area contributed by atoms with Gasteiger partial charge in [0.25, 0.3) is 0 Å². The molecule has 11 heavy (non-hydrogen) atoms. The first-order valence-corrected chi connectivity index (χ1v) is 3.08. The van der Waals surface area contributed by atoms with Crippen molar-refractivity contribution in [2.75, 3.05) is 0 Å². The van der Waals surface area contributed by atoms with Gasteiger partial charge in [-0.05, 0) is 18.6 Å². The van der Waals surface area contributed by atoms with Gasteiger partial charge in [-0.1, -0.05) is 6.07 Å². The smallest absolute Gasteiger partial charge is 0.0297 e. The molecule has 0 saturated carbocycles. The van der Waals surface area contributed by atoms with E-state index in [4.69, 9.17) is 0 Å². The van der Waals surface area contributed by atoms with Crippen molar-refractivity contribution in [3.05, 3.63) is 49.7 Å². The maximum absolute atomic E-state index is 3.88. The molecule has 0 bridgehead atoms. The summed E-state index contributed by atoms with van der Waals surface area (Å²) in [5.74, 6) is 0. The summed E-state index contributed by atoms with van der Waals surface area (Å²) in [5, 5.41) is 0. The van der Waals surface area contributed by atoms with Crippen LogP contribution in [0.1, 0.15) is 5.56 Å². The number of hydrogen-bond donors (Lipinski definition) is 0. The SMILES string of the molecule is C=C[CH2-].Cc1cccnc1.[V]. The molecule has 0 amide bonds. The Morgan fingerprint density at radius 2 is 2.18 bits per heavy atom. The maximum atomic E-state index is 3.88. The van der Waals surface area contributed by atoms with Gasteiger partial charge in [0.15, 0.2) is 0 Å². The number of rotatable bonds is 0. The van der Waals surface area contributed by atoms with Crippen LogP contribution in [-0.4, -0.2) is 4.98 Å². The quantitative estimate of drug-likeness (QED) is 0.565. The predicted octanol–water partition coefficient (Wildman–Crippen LogP) is 2.39. The number of nitrogens with zero attached hydrogens (tertiary/aromatic N) is 1. The van der Waals surface area contributed by atoms with E-state index < -0.39 is 0 Å². The third-order valence-electron chi connectivity index (χ3n) is 0.809. The summed E-state index contributed by atoms with van der Waals surface area (Å²) in [7, 11) is 0. The normalized spacial score (nSPS) is 6.64. The van der Waals surface area contributed by atoms with E-state index in [9.17, 15) is 0 Å². The molecule has 0 atom stereocenters. The topological polar surface area (TPSA) is 12.9 Å². The first-order valence-electron chi connectivity index (χ1n) is 3.08. The van der Waals surface area contributed by atoms with E-state index in [2.05, 4.69) is 18.5 Å². The second-order valence-electron chi connectivity index (χ2n) is 1.82. The number of allylic oxidation sites excluding steroid dienone is 1. The van der Waals surface area contributed by atoms with Crippen LogP contribution in [0.25, 0.3) is 0 Å². The summed E-state index contributed by atoms with van der Waals surface area (Å²) in [6.07, 6.45) is 5.10. The minimum atomic E-state index is 0. The zero-order chi connectivity index (χ0) is 7.82. The summed E-state index contributed by atoms with van der Waals surface area (Å²) >= 11 is 0. The molecule has 0 saturated heterocycles. The molecule has 1 aromatic heterocycles. The van der Waals surface area contributed by atoms with E-state index in [0.717, 1.165) is 0 Å². The molecular formula is C9H12NV-. The van der Waals surface area contributed by atoms with E-state index >= 15 is 0 Å². The third kappa shape index (κ3) is 9.34. The van der Waals surface area contributed by atoms with E-state index in [1.165, 1.54) is 11.6 Å². The fourth-order valence-corrected chi connectivity index (χ4v) is 0.448. The Kier molecular flexibility index (Phi) is 11.0. The van der Waals surface area contributed by atoms with Crippen molar-refractivity contribution >= 4 is 0 Å². The number of aromatic nitrogens is 1. The second-order valence-corrected chi connectivity index (χ2v) is 1.82. The van der Waals surface area contributed by atoms with Gasteiger partial charge in [0, 0.05) is 30.9 Å². The Balaban J connectivity index is 0. The van der Waals surface area contributed by atoms with Crippen LogP contribution in [0.5, 0.6) is 0 Å². The minimum Gasteiger partial charge on any atom is -0.264 e. The number of hydrogen-bond acceptors (Lipinski definition) is 1. The predicted molar refractivity (Wildman–Crippen MR) is 44.5 cm³/mol. The molecule has 2 heteroatoms. The van der Waals surface area contributed by atoms with Gasteiger partial charge in [-0.2, -0.15) is 0 Å². The average Bonchev–Trinajstić information content (AvgIpc) is 1.91. The fraction of sp³-hybridized carbons (Fsp3) is 0.111. The molecular weight excluding hydrogens is 173 g/mol. The molecule has 0 aromatic carbocycles. The summed E-state index contributed by atoms with van der Waals surface area (Å²) < 4.78 is 0. The van der Waals surface area contributed by atoms with Gasteiger partial charge in [0.1, 0.15) is 0 Å². The van der Waals surface area contributed by atoms with Gasteiger partial charge in [-0.25, -0.2) is 19.6 Å². The molecule has 1 nitrogen and oxygen atoms in total. The molecule has 0 aliphatic rings. The zero-order valence-electron chi connectivity index (χ0n) is 6.70. The van der Waals surface area contributed by atoms with Crippen molar-refractivity contribution in [1.29, 1.82) is 0 Å². The summed E-state index contributed by atoms with van der Waals surface area (Å²) in [5.41, 5.74) is 1.21. The molecule has 0 aliphatic heterocycles. The van der Waals surface area contributed by atoms with E-state index in [1.54, 1.807) is 6.20 Å². The van der Waals surface area contributed by atoms with Crippen LogP contribution in [0.2, 0.25) is 0 Å². The number of aryl methyl sites for hydroxylation is 1. The Morgan fingerprint density at radius 3 is 2.36 bits per heavy atom. The van der Waals surface area contributed by atoms with Gasteiger partial charge >= 0.3 is 0 Å². The summed E-state index contributed by atoms with van der Waals surface area (Å²) in [6.45, 7) is 8.52. The molecule has 0 N–H and O–H groups in total. The van der Waals surface area contributed by atoms with Crippen molar-refractivity contribution in [1.82, 2.24) is 4.98 Å². The Labute approximate surface area is 80.4 Å². The first kappa shape index (κ1) is 13.0. The van der Waals surface area contributed by atoms with Gasteiger partial charge in [0.05, 0.1) is 0 Å². The molecule has 0 unspecified atom stereocenters. The van der Waals surface area contributed by atoms with Gasteiger partial charge in [-0.3, -0.25) is 4.98 Å². The Bertz CT molecular complexity index is 172. The van der Waals surface area contributed by atoms with Crippen molar-refractivity contribution in [3.63, 3.8) is 0 Å². The Hall–Kier alpha value is -0.656. The molecule has 1 radical (unpaired) electrons. The monoisotopic (exact) mass is 185 g/mol. The molecule has 0 spiro atoms. The Morgan fingerprint density at radius 1 is 1.64 bits per heavy atom. The fourth-order valence-electron chi connectivity index (χ4n) is 0.448. The second kappa shape index (κ2) is 9.34. The molecule has 0 aliphatic carbocycles. The van der Waals surface area contributed by atoms with E-state index in [1.807, 2.05) is 25.3 Å². The molecule has 0 fully saturated rings. The van der Waals surface area contributed by atoms with Gasteiger partial charge < -0.3 is 0 Å². The van der Waals surface area contributed by atoms with Crippen LogP contribution in [0, 0.1) is 13.8 Å². The average molecular weight is 185 g/mol. The standard InChI is InChI=1S/C6H7N.C3H5.V/c1-6-3-2-4-7-5-6;1-3-2;/h2-5H,1H3;3H,1-2H2;/q;-1;. The van der Waals surface area contributed by atoms with Gasteiger partial charge in [0.2, 0.25) is 0 Å². The zero-order valence-corrected chi connectivity index (χ0v) is 8.09. The van der Waals surface area contributed by atoms with Gasteiger partial charge in [-0.15, -0.1) is 0 Å². The van der Waals surface area contributed by atoms with Crippen LogP contribution >= 0.6 is 0 Å². The van der Waals surface area contributed by atoms with Crippen molar-refractivity contribution in [2.24, 2.45) is 0 Å². The molecule has 1 heterocycles. The van der Waals surface area contributed by atoms with Crippen molar-refractivity contribution in [3.8, 4) is 0 Å². The summed E-state index contributed by atoms with van der Waals surface area (Å²) in [4.78, 5) is 3.88. The van der Waals surface area contributed by atoms with Crippen molar-refractivity contribution in [2.45, 2.75) is 6.92 Å². The van der Waals surface area contributed by atoms with E-state index in [-0.39, 0.29) is 18.6 Å². The van der Waals surface area contributed by atoms with Crippen LogP contribution in [-0.2, 0) is 18.6 Å². The van der Waals surface area contributed by atoms with Crippen LogP contribution in [0.3, 0.4) is 0 Å². The summed E-state index contributed by atoms with van der Waals surface area (Å²) in [6, 6.07) is 3.95.